The third kappa shape index (κ3) is 3.53. The van der Waals surface area contributed by atoms with E-state index in [1.807, 2.05) is 35.2 Å². The van der Waals surface area contributed by atoms with Gasteiger partial charge in [-0.3, -0.25) is 4.79 Å². The molecule has 3 heteroatoms. The first-order valence-electron chi connectivity index (χ1n) is 9.85. The summed E-state index contributed by atoms with van der Waals surface area (Å²) >= 11 is 0. The van der Waals surface area contributed by atoms with E-state index >= 15 is 0 Å². The van der Waals surface area contributed by atoms with Crippen molar-refractivity contribution in [2.45, 2.75) is 39.3 Å². The predicted octanol–water partition coefficient (Wildman–Crippen LogP) is 5.90. The second kappa shape index (κ2) is 7.51. The SMILES string of the molecule is Cc1ccc(N[C@@H]2C[C@H](C)N(C(=O)c3ccccc3)c3ccc(C)cc32)cc1. The molecule has 0 radical (unpaired) electrons. The first-order chi connectivity index (χ1) is 13.5. The lowest BCUT2D eigenvalue weighted by molar-refractivity contribution is 0.0974. The minimum atomic E-state index is 0.0620. The Morgan fingerprint density at radius 1 is 0.929 bits per heavy atom. The molecule has 0 saturated heterocycles. The van der Waals surface area contributed by atoms with Crippen LogP contribution in [0.25, 0.3) is 0 Å². The van der Waals surface area contributed by atoms with Crippen molar-refractivity contribution in [1.29, 1.82) is 0 Å². The number of hydrogen-bond acceptors (Lipinski definition) is 2. The number of benzene rings is 3. The first kappa shape index (κ1) is 18.3. The minimum absolute atomic E-state index is 0.0620. The van der Waals surface area contributed by atoms with Crippen LogP contribution >= 0.6 is 0 Å². The maximum absolute atomic E-state index is 13.3. The van der Waals surface area contributed by atoms with E-state index in [0.717, 1.165) is 23.4 Å². The summed E-state index contributed by atoms with van der Waals surface area (Å²) in [4.78, 5) is 15.2. The van der Waals surface area contributed by atoms with Crippen molar-refractivity contribution in [2.24, 2.45) is 0 Å². The zero-order valence-electron chi connectivity index (χ0n) is 16.6. The van der Waals surface area contributed by atoms with Crippen LogP contribution in [0.15, 0.2) is 72.8 Å². The fourth-order valence-electron chi connectivity index (χ4n) is 4.00. The van der Waals surface area contributed by atoms with Gasteiger partial charge in [-0.2, -0.15) is 0 Å². The number of rotatable bonds is 3. The van der Waals surface area contributed by atoms with Gasteiger partial charge in [0.15, 0.2) is 0 Å². The smallest absolute Gasteiger partial charge is 0.258 e. The van der Waals surface area contributed by atoms with Gasteiger partial charge in [0.05, 0.1) is 6.04 Å². The predicted molar refractivity (Wildman–Crippen MR) is 116 cm³/mol. The molecule has 1 heterocycles. The van der Waals surface area contributed by atoms with E-state index < -0.39 is 0 Å². The molecule has 0 bridgehead atoms. The van der Waals surface area contributed by atoms with E-state index in [1.165, 1.54) is 16.7 Å². The number of nitrogens with zero attached hydrogens (tertiary/aromatic N) is 1. The molecule has 0 saturated carbocycles. The molecule has 0 spiro atoms. The summed E-state index contributed by atoms with van der Waals surface area (Å²) in [6.07, 6.45) is 0.864. The lowest BCUT2D eigenvalue weighted by atomic mass is 9.89. The van der Waals surface area contributed by atoms with Crippen molar-refractivity contribution in [2.75, 3.05) is 10.2 Å². The van der Waals surface area contributed by atoms with Crippen LogP contribution in [0.4, 0.5) is 11.4 Å². The van der Waals surface area contributed by atoms with Gasteiger partial charge in [0.1, 0.15) is 0 Å². The lowest BCUT2D eigenvalue weighted by Crippen LogP contribution is -2.44. The van der Waals surface area contributed by atoms with Gasteiger partial charge >= 0.3 is 0 Å². The van der Waals surface area contributed by atoms with E-state index in [4.69, 9.17) is 0 Å². The Labute approximate surface area is 167 Å². The summed E-state index contributed by atoms with van der Waals surface area (Å²) in [5, 5.41) is 3.68. The standard InChI is InChI=1S/C25H26N2O/c1-17-9-12-21(13-10-17)26-23-16-19(3)27(24-14-11-18(2)15-22(23)24)25(28)20-7-5-4-6-8-20/h4-15,19,23,26H,16H2,1-3H3/t19-,23+/m0/s1. The molecule has 1 N–H and O–H groups in total. The summed E-state index contributed by atoms with van der Waals surface area (Å²) in [6.45, 7) is 6.33. The molecule has 142 valence electrons. The zero-order valence-corrected chi connectivity index (χ0v) is 16.6. The summed E-state index contributed by atoms with van der Waals surface area (Å²) < 4.78 is 0. The molecule has 0 aromatic heterocycles. The molecule has 0 aliphatic carbocycles. The van der Waals surface area contributed by atoms with Crippen LogP contribution in [-0.2, 0) is 0 Å². The van der Waals surface area contributed by atoms with Gasteiger partial charge in [0, 0.05) is 23.0 Å². The highest BCUT2D eigenvalue weighted by molar-refractivity contribution is 6.07. The fourth-order valence-corrected chi connectivity index (χ4v) is 4.00. The Morgan fingerprint density at radius 2 is 1.61 bits per heavy atom. The van der Waals surface area contributed by atoms with Crippen LogP contribution in [-0.4, -0.2) is 11.9 Å². The summed E-state index contributed by atoms with van der Waals surface area (Å²) in [6, 6.07) is 24.7. The number of nitrogens with one attached hydrogen (secondary N) is 1. The highest BCUT2D eigenvalue weighted by atomic mass is 16.2. The monoisotopic (exact) mass is 370 g/mol. The Hall–Kier alpha value is -3.07. The van der Waals surface area contributed by atoms with Gasteiger partial charge in [-0.1, -0.05) is 53.6 Å². The number of carbonyl (C=O) groups excluding carboxylic acids is 1. The van der Waals surface area contributed by atoms with Crippen LogP contribution in [0.3, 0.4) is 0 Å². The molecular formula is C25H26N2O. The topological polar surface area (TPSA) is 32.3 Å². The highest BCUT2D eigenvalue weighted by Gasteiger charge is 2.34. The van der Waals surface area contributed by atoms with Crippen molar-refractivity contribution in [3.05, 3.63) is 95.1 Å². The van der Waals surface area contributed by atoms with Gasteiger partial charge < -0.3 is 10.2 Å². The van der Waals surface area contributed by atoms with E-state index in [2.05, 4.69) is 68.6 Å². The molecule has 1 aliphatic heterocycles. The lowest BCUT2D eigenvalue weighted by Gasteiger charge is -2.40. The Kier molecular flexibility index (Phi) is 4.91. The number of anilines is 2. The second-order valence-electron chi connectivity index (χ2n) is 7.75. The number of fused-ring (bicyclic) bond motifs is 1. The molecule has 1 amide bonds. The van der Waals surface area contributed by atoms with Crippen molar-refractivity contribution in [1.82, 2.24) is 0 Å². The third-order valence-electron chi connectivity index (χ3n) is 5.47. The Balaban J connectivity index is 1.71. The number of hydrogen-bond donors (Lipinski definition) is 1. The average Bonchev–Trinajstić information content (AvgIpc) is 2.70. The van der Waals surface area contributed by atoms with E-state index in [1.54, 1.807) is 0 Å². The summed E-state index contributed by atoms with van der Waals surface area (Å²) in [7, 11) is 0. The van der Waals surface area contributed by atoms with E-state index in [0.29, 0.717) is 0 Å². The third-order valence-corrected chi connectivity index (χ3v) is 5.47. The van der Waals surface area contributed by atoms with Crippen LogP contribution < -0.4 is 10.2 Å². The summed E-state index contributed by atoms with van der Waals surface area (Å²) in [5.74, 6) is 0.0620. The van der Waals surface area contributed by atoms with Gasteiger partial charge in [0.2, 0.25) is 0 Å². The number of aryl methyl sites for hydroxylation is 2. The molecule has 28 heavy (non-hydrogen) atoms. The van der Waals surface area contributed by atoms with E-state index in [9.17, 15) is 4.79 Å². The van der Waals surface area contributed by atoms with Gasteiger partial charge in [-0.05, 0) is 63.1 Å². The normalized spacial score (nSPS) is 18.5. The quantitative estimate of drug-likeness (QED) is 0.623. The van der Waals surface area contributed by atoms with Crippen LogP contribution in [0.2, 0.25) is 0 Å². The Bertz CT molecular complexity index is 979. The van der Waals surface area contributed by atoms with Crippen molar-refractivity contribution < 1.29 is 4.79 Å². The van der Waals surface area contributed by atoms with Crippen molar-refractivity contribution in [3.63, 3.8) is 0 Å². The molecule has 4 rings (SSSR count). The fraction of sp³-hybridized carbons (Fsp3) is 0.240. The molecule has 1 aliphatic rings. The van der Waals surface area contributed by atoms with E-state index in [-0.39, 0.29) is 18.0 Å². The first-order valence-corrected chi connectivity index (χ1v) is 9.85. The molecule has 3 aromatic carbocycles. The number of carbonyl (C=O) groups is 1. The molecule has 0 unspecified atom stereocenters. The number of amides is 1. The largest absolute Gasteiger partial charge is 0.378 e. The Morgan fingerprint density at radius 3 is 2.32 bits per heavy atom. The van der Waals surface area contributed by atoms with Crippen molar-refractivity contribution in [3.8, 4) is 0 Å². The van der Waals surface area contributed by atoms with Crippen molar-refractivity contribution >= 4 is 17.3 Å². The van der Waals surface area contributed by atoms with Gasteiger partial charge in [-0.25, -0.2) is 0 Å². The molecular weight excluding hydrogens is 344 g/mol. The molecule has 3 nitrogen and oxygen atoms in total. The highest BCUT2D eigenvalue weighted by Crippen LogP contribution is 2.40. The maximum Gasteiger partial charge on any atom is 0.258 e. The minimum Gasteiger partial charge on any atom is -0.378 e. The molecule has 3 aromatic rings. The molecule has 0 fully saturated rings. The summed E-state index contributed by atoms with van der Waals surface area (Å²) in [5.41, 5.74) is 6.48. The average molecular weight is 370 g/mol. The van der Waals surface area contributed by atoms with Crippen LogP contribution in [0.5, 0.6) is 0 Å². The van der Waals surface area contributed by atoms with Crippen LogP contribution in [0.1, 0.15) is 46.4 Å². The van der Waals surface area contributed by atoms with Crippen LogP contribution in [0, 0.1) is 13.8 Å². The maximum atomic E-state index is 13.3. The van der Waals surface area contributed by atoms with Gasteiger partial charge in [-0.15, -0.1) is 0 Å². The zero-order chi connectivity index (χ0) is 19.7. The second-order valence-corrected chi connectivity index (χ2v) is 7.75. The molecule has 2 atom stereocenters. The van der Waals surface area contributed by atoms with Gasteiger partial charge in [0.25, 0.3) is 5.91 Å².